The second-order valence-corrected chi connectivity index (χ2v) is 5.19. The third-order valence-electron chi connectivity index (χ3n) is 3.88. The van der Waals surface area contributed by atoms with Crippen molar-refractivity contribution in [1.29, 1.82) is 0 Å². The fraction of sp³-hybridized carbons (Fsp3) is 0.0526. The molecule has 114 valence electrons. The van der Waals surface area contributed by atoms with Gasteiger partial charge < -0.3 is 5.73 Å². The van der Waals surface area contributed by atoms with Gasteiger partial charge in [-0.3, -0.25) is 4.79 Å². The van der Waals surface area contributed by atoms with E-state index < -0.39 is 17.3 Å². The molecular formula is C19H15FN2O. The first kappa shape index (κ1) is 14.9. The molecule has 0 bridgehead atoms. The zero-order chi connectivity index (χ0) is 16.3. The highest BCUT2D eigenvalue weighted by atomic mass is 19.1. The van der Waals surface area contributed by atoms with Crippen molar-refractivity contribution >= 4 is 5.91 Å². The SMILES string of the molecule is NC(=O)C(c1ccccc1)(c1ccccc1)c1cccc(F)n1. The molecule has 1 aromatic heterocycles. The van der Waals surface area contributed by atoms with Crippen molar-refractivity contribution in [3.05, 3.63) is 102 Å². The lowest BCUT2D eigenvalue weighted by Crippen LogP contribution is -2.44. The molecule has 0 saturated carbocycles. The summed E-state index contributed by atoms with van der Waals surface area (Å²) in [6, 6.07) is 22.5. The van der Waals surface area contributed by atoms with E-state index in [9.17, 15) is 9.18 Å². The largest absolute Gasteiger partial charge is 0.368 e. The molecule has 2 aromatic carbocycles. The van der Waals surface area contributed by atoms with Crippen molar-refractivity contribution in [2.24, 2.45) is 5.73 Å². The number of primary amides is 1. The van der Waals surface area contributed by atoms with Gasteiger partial charge in [0.1, 0.15) is 5.41 Å². The number of halogens is 1. The summed E-state index contributed by atoms with van der Waals surface area (Å²) in [4.78, 5) is 16.5. The first-order valence-electron chi connectivity index (χ1n) is 7.19. The number of benzene rings is 2. The van der Waals surface area contributed by atoms with E-state index in [0.717, 1.165) is 0 Å². The van der Waals surface area contributed by atoms with Gasteiger partial charge in [0.15, 0.2) is 0 Å². The Balaban J connectivity index is 2.39. The average Bonchev–Trinajstić information content (AvgIpc) is 2.57. The van der Waals surface area contributed by atoms with Crippen LogP contribution in [0.25, 0.3) is 0 Å². The number of carbonyl (C=O) groups excluding carboxylic acids is 1. The predicted octanol–water partition coefficient (Wildman–Crippen LogP) is 3.04. The normalized spacial score (nSPS) is 11.2. The van der Waals surface area contributed by atoms with Crippen molar-refractivity contribution in [1.82, 2.24) is 4.98 Å². The Morgan fingerprint density at radius 3 is 1.78 bits per heavy atom. The minimum absolute atomic E-state index is 0.266. The standard InChI is InChI=1S/C19H15FN2O/c20-17-13-7-12-16(22-17)19(18(21)23,14-8-3-1-4-9-14)15-10-5-2-6-11-15/h1-13H,(H2,21,23). The van der Waals surface area contributed by atoms with Gasteiger partial charge in [0, 0.05) is 0 Å². The quantitative estimate of drug-likeness (QED) is 0.753. The highest BCUT2D eigenvalue weighted by molar-refractivity contribution is 5.94. The van der Waals surface area contributed by atoms with Gasteiger partial charge in [-0.15, -0.1) is 0 Å². The summed E-state index contributed by atoms with van der Waals surface area (Å²) in [5.74, 6) is -1.26. The van der Waals surface area contributed by atoms with Crippen LogP contribution in [0.3, 0.4) is 0 Å². The minimum Gasteiger partial charge on any atom is -0.368 e. The fourth-order valence-corrected chi connectivity index (χ4v) is 2.87. The molecule has 0 spiro atoms. The van der Waals surface area contributed by atoms with Crippen LogP contribution < -0.4 is 5.73 Å². The zero-order valence-electron chi connectivity index (χ0n) is 12.3. The smallest absolute Gasteiger partial charge is 0.238 e. The van der Waals surface area contributed by atoms with E-state index in [1.165, 1.54) is 12.1 Å². The lowest BCUT2D eigenvalue weighted by atomic mass is 9.71. The Bertz CT molecular complexity index is 780. The van der Waals surface area contributed by atoms with Crippen molar-refractivity contribution in [3.63, 3.8) is 0 Å². The van der Waals surface area contributed by atoms with Crippen LogP contribution in [-0.2, 0) is 10.2 Å². The Kier molecular flexibility index (Phi) is 3.89. The molecule has 0 fully saturated rings. The summed E-state index contributed by atoms with van der Waals surface area (Å²) in [5.41, 5.74) is 6.04. The molecule has 0 unspecified atom stereocenters. The number of hydrogen-bond donors (Lipinski definition) is 1. The summed E-state index contributed by atoms with van der Waals surface area (Å²) in [7, 11) is 0. The Hall–Kier alpha value is -3.01. The summed E-state index contributed by atoms with van der Waals surface area (Å²) in [6.45, 7) is 0. The van der Waals surface area contributed by atoms with E-state index in [0.29, 0.717) is 11.1 Å². The molecule has 0 aliphatic rings. The van der Waals surface area contributed by atoms with E-state index in [1.807, 2.05) is 36.4 Å². The van der Waals surface area contributed by atoms with Crippen LogP contribution in [0.5, 0.6) is 0 Å². The fourth-order valence-electron chi connectivity index (χ4n) is 2.87. The lowest BCUT2D eigenvalue weighted by Gasteiger charge is -2.31. The first-order valence-corrected chi connectivity index (χ1v) is 7.19. The van der Waals surface area contributed by atoms with E-state index in [4.69, 9.17) is 5.73 Å². The number of rotatable bonds is 4. The van der Waals surface area contributed by atoms with E-state index in [2.05, 4.69) is 4.98 Å². The van der Waals surface area contributed by atoms with Crippen LogP contribution in [0.4, 0.5) is 4.39 Å². The molecule has 1 heterocycles. The van der Waals surface area contributed by atoms with Crippen LogP contribution in [0, 0.1) is 5.95 Å². The van der Waals surface area contributed by atoms with Crippen LogP contribution in [0.1, 0.15) is 16.8 Å². The maximum Gasteiger partial charge on any atom is 0.238 e. The number of aromatic nitrogens is 1. The van der Waals surface area contributed by atoms with E-state index >= 15 is 0 Å². The van der Waals surface area contributed by atoms with Gasteiger partial charge in [0.2, 0.25) is 11.9 Å². The molecule has 4 heteroatoms. The molecule has 3 nitrogen and oxygen atoms in total. The number of amides is 1. The number of pyridine rings is 1. The molecule has 0 aliphatic carbocycles. The number of hydrogen-bond acceptors (Lipinski definition) is 2. The highest BCUT2D eigenvalue weighted by Gasteiger charge is 2.43. The summed E-state index contributed by atoms with van der Waals surface area (Å²) < 4.78 is 13.7. The van der Waals surface area contributed by atoms with Crippen LogP contribution in [0.2, 0.25) is 0 Å². The molecule has 0 saturated heterocycles. The predicted molar refractivity (Wildman–Crippen MR) is 86.2 cm³/mol. The zero-order valence-corrected chi connectivity index (χ0v) is 12.3. The molecule has 0 radical (unpaired) electrons. The second-order valence-electron chi connectivity index (χ2n) is 5.19. The molecule has 0 atom stereocenters. The Morgan fingerprint density at radius 1 is 0.826 bits per heavy atom. The van der Waals surface area contributed by atoms with Gasteiger partial charge >= 0.3 is 0 Å². The van der Waals surface area contributed by atoms with Crippen molar-refractivity contribution < 1.29 is 9.18 Å². The van der Waals surface area contributed by atoms with Crippen LogP contribution in [0.15, 0.2) is 78.9 Å². The second kappa shape index (κ2) is 6.01. The number of carbonyl (C=O) groups is 1. The summed E-state index contributed by atoms with van der Waals surface area (Å²) >= 11 is 0. The van der Waals surface area contributed by atoms with E-state index in [1.54, 1.807) is 30.3 Å². The van der Waals surface area contributed by atoms with Crippen LogP contribution in [-0.4, -0.2) is 10.9 Å². The highest BCUT2D eigenvalue weighted by Crippen LogP contribution is 2.38. The van der Waals surface area contributed by atoms with Crippen molar-refractivity contribution in [2.75, 3.05) is 0 Å². The van der Waals surface area contributed by atoms with Gasteiger partial charge in [-0.25, -0.2) is 4.98 Å². The van der Waals surface area contributed by atoms with Crippen molar-refractivity contribution in [2.45, 2.75) is 5.41 Å². The molecule has 3 rings (SSSR count). The molecular weight excluding hydrogens is 291 g/mol. The van der Waals surface area contributed by atoms with Crippen LogP contribution >= 0.6 is 0 Å². The van der Waals surface area contributed by atoms with E-state index in [-0.39, 0.29) is 5.69 Å². The van der Waals surface area contributed by atoms with Gasteiger partial charge in [0.25, 0.3) is 0 Å². The molecule has 2 N–H and O–H groups in total. The van der Waals surface area contributed by atoms with Crippen molar-refractivity contribution in [3.8, 4) is 0 Å². The van der Waals surface area contributed by atoms with Gasteiger partial charge in [-0.2, -0.15) is 4.39 Å². The van der Waals surface area contributed by atoms with Gasteiger partial charge in [0.05, 0.1) is 5.69 Å². The molecule has 0 aliphatic heterocycles. The summed E-state index contributed by atoms with van der Waals surface area (Å²) in [5, 5.41) is 0. The Labute approximate surface area is 133 Å². The molecule has 3 aromatic rings. The third kappa shape index (κ3) is 2.48. The van der Waals surface area contributed by atoms with Gasteiger partial charge in [-0.05, 0) is 23.3 Å². The first-order chi connectivity index (χ1) is 11.2. The molecule has 23 heavy (non-hydrogen) atoms. The maximum absolute atomic E-state index is 13.7. The molecule has 1 amide bonds. The number of nitrogens with two attached hydrogens (primary N) is 1. The third-order valence-corrected chi connectivity index (χ3v) is 3.88. The number of nitrogens with zero attached hydrogens (tertiary/aromatic N) is 1. The Morgan fingerprint density at radius 2 is 1.35 bits per heavy atom. The lowest BCUT2D eigenvalue weighted by molar-refractivity contribution is -0.121. The monoisotopic (exact) mass is 306 g/mol. The summed E-state index contributed by atoms with van der Waals surface area (Å²) in [6.07, 6.45) is 0. The minimum atomic E-state index is -1.34. The average molecular weight is 306 g/mol. The van der Waals surface area contributed by atoms with Gasteiger partial charge in [-0.1, -0.05) is 66.7 Å². The topological polar surface area (TPSA) is 56.0 Å². The maximum atomic E-state index is 13.7.